The topological polar surface area (TPSA) is 0 Å². The van der Waals surface area contributed by atoms with Crippen LogP contribution >= 0.6 is 0 Å². The molecule has 0 atom stereocenters. The molecule has 1 aliphatic carbocycles. The van der Waals surface area contributed by atoms with Gasteiger partial charge in [0, 0.05) is 5.41 Å². The Bertz CT molecular complexity index is 657. The average molecular weight is 236 g/mol. The van der Waals surface area contributed by atoms with Crippen LogP contribution in [0.3, 0.4) is 0 Å². The Hall–Kier alpha value is -1.56. The molecule has 0 bridgehead atoms. The third kappa shape index (κ3) is 1.32. The fourth-order valence-electron chi connectivity index (χ4n) is 3.42. The van der Waals surface area contributed by atoms with Gasteiger partial charge in [0.05, 0.1) is 0 Å². The Morgan fingerprint density at radius 3 is 2.44 bits per heavy atom. The van der Waals surface area contributed by atoms with Gasteiger partial charge in [0.25, 0.3) is 0 Å². The summed E-state index contributed by atoms with van der Waals surface area (Å²) in [5, 5.41) is 2.78. The molecule has 0 fully saturated rings. The van der Waals surface area contributed by atoms with Crippen LogP contribution in [0.15, 0.2) is 42.0 Å². The summed E-state index contributed by atoms with van der Waals surface area (Å²) in [5.74, 6) is 0. The molecule has 0 radical (unpaired) electrons. The SMILES string of the molecule is CCC1=C(C)C(C)(C)c2c1ccc1ccccc21. The van der Waals surface area contributed by atoms with Crippen LogP contribution < -0.4 is 0 Å². The first-order valence-electron chi connectivity index (χ1n) is 6.80. The van der Waals surface area contributed by atoms with Gasteiger partial charge >= 0.3 is 0 Å². The molecule has 0 heterocycles. The van der Waals surface area contributed by atoms with Crippen molar-refractivity contribution in [3.05, 3.63) is 53.1 Å². The smallest absolute Gasteiger partial charge is 0.0120 e. The van der Waals surface area contributed by atoms with Gasteiger partial charge < -0.3 is 0 Å². The molecule has 2 aromatic carbocycles. The van der Waals surface area contributed by atoms with E-state index in [-0.39, 0.29) is 5.41 Å². The molecule has 1 aliphatic rings. The van der Waals surface area contributed by atoms with Crippen molar-refractivity contribution in [2.75, 3.05) is 0 Å². The lowest BCUT2D eigenvalue weighted by molar-refractivity contribution is 0.644. The van der Waals surface area contributed by atoms with Crippen LogP contribution in [0.5, 0.6) is 0 Å². The molecule has 0 N–H and O–H groups in total. The maximum atomic E-state index is 2.36. The molecule has 18 heavy (non-hydrogen) atoms. The molecule has 0 aliphatic heterocycles. The van der Waals surface area contributed by atoms with Crippen molar-refractivity contribution in [3.63, 3.8) is 0 Å². The summed E-state index contributed by atoms with van der Waals surface area (Å²) in [6.07, 6.45) is 1.13. The second-order valence-corrected chi connectivity index (χ2v) is 5.79. The zero-order valence-electron chi connectivity index (χ0n) is 11.7. The molecule has 0 aromatic heterocycles. The predicted octanol–water partition coefficient (Wildman–Crippen LogP) is 5.31. The summed E-state index contributed by atoms with van der Waals surface area (Å²) in [5.41, 5.74) is 6.24. The standard InChI is InChI=1S/C18H20/c1-5-14-12(2)18(3,4)17-15-9-7-6-8-13(15)10-11-16(14)17/h6-11H,5H2,1-4H3. The number of benzene rings is 2. The molecule has 0 heteroatoms. The highest BCUT2D eigenvalue weighted by atomic mass is 14.4. The van der Waals surface area contributed by atoms with E-state index in [0.29, 0.717) is 0 Å². The van der Waals surface area contributed by atoms with E-state index in [2.05, 4.69) is 64.1 Å². The summed E-state index contributed by atoms with van der Waals surface area (Å²) < 4.78 is 0. The van der Waals surface area contributed by atoms with Gasteiger partial charge in [-0.3, -0.25) is 0 Å². The zero-order valence-corrected chi connectivity index (χ0v) is 11.7. The van der Waals surface area contributed by atoms with Gasteiger partial charge in [0.15, 0.2) is 0 Å². The molecular formula is C18H20. The van der Waals surface area contributed by atoms with Crippen molar-refractivity contribution in [1.29, 1.82) is 0 Å². The van der Waals surface area contributed by atoms with Crippen molar-refractivity contribution >= 4 is 16.3 Å². The number of rotatable bonds is 1. The Labute approximate surface area is 109 Å². The largest absolute Gasteiger partial charge is 0.0616 e. The van der Waals surface area contributed by atoms with Crippen LogP contribution in [0.1, 0.15) is 45.2 Å². The van der Waals surface area contributed by atoms with E-state index in [0.717, 1.165) is 6.42 Å². The van der Waals surface area contributed by atoms with Gasteiger partial charge in [0.2, 0.25) is 0 Å². The van der Waals surface area contributed by atoms with Crippen molar-refractivity contribution in [3.8, 4) is 0 Å². The lowest BCUT2D eigenvalue weighted by atomic mass is 9.79. The van der Waals surface area contributed by atoms with Crippen LogP contribution in [0.2, 0.25) is 0 Å². The van der Waals surface area contributed by atoms with Gasteiger partial charge in [-0.15, -0.1) is 0 Å². The molecule has 92 valence electrons. The van der Waals surface area contributed by atoms with E-state index in [9.17, 15) is 0 Å². The third-order valence-electron chi connectivity index (χ3n) is 4.62. The van der Waals surface area contributed by atoms with Gasteiger partial charge in [0.1, 0.15) is 0 Å². The summed E-state index contributed by atoms with van der Waals surface area (Å²) in [7, 11) is 0. The van der Waals surface area contributed by atoms with Gasteiger partial charge in [-0.25, -0.2) is 0 Å². The minimum absolute atomic E-state index is 0.168. The highest BCUT2D eigenvalue weighted by molar-refractivity contribution is 5.95. The lowest BCUT2D eigenvalue weighted by Crippen LogP contribution is -2.16. The molecule has 2 aromatic rings. The fourth-order valence-corrected chi connectivity index (χ4v) is 3.42. The van der Waals surface area contributed by atoms with Crippen LogP contribution in [0.4, 0.5) is 0 Å². The predicted molar refractivity (Wildman–Crippen MR) is 79.9 cm³/mol. The molecule has 0 spiro atoms. The molecule has 0 nitrogen and oxygen atoms in total. The Morgan fingerprint density at radius 2 is 1.72 bits per heavy atom. The van der Waals surface area contributed by atoms with E-state index in [1.165, 1.54) is 27.5 Å². The third-order valence-corrected chi connectivity index (χ3v) is 4.62. The van der Waals surface area contributed by atoms with E-state index < -0.39 is 0 Å². The number of hydrogen-bond donors (Lipinski definition) is 0. The number of fused-ring (bicyclic) bond motifs is 3. The highest BCUT2D eigenvalue weighted by Crippen LogP contribution is 2.49. The van der Waals surface area contributed by atoms with E-state index in [1.54, 1.807) is 5.57 Å². The molecule has 3 rings (SSSR count). The van der Waals surface area contributed by atoms with Crippen LogP contribution in [0.25, 0.3) is 16.3 Å². The first-order chi connectivity index (χ1) is 8.57. The summed E-state index contributed by atoms with van der Waals surface area (Å²) >= 11 is 0. The van der Waals surface area contributed by atoms with Crippen molar-refractivity contribution in [1.82, 2.24) is 0 Å². The van der Waals surface area contributed by atoms with Gasteiger partial charge in [-0.05, 0) is 40.8 Å². The molecule has 0 saturated carbocycles. The van der Waals surface area contributed by atoms with Crippen molar-refractivity contribution < 1.29 is 0 Å². The zero-order chi connectivity index (χ0) is 12.9. The quantitative estimate of drug-likeness (QED) is 0.629. The van der Waals surface area contributed by atoms with E-state index in [1.807, 2.05) is 0 Å². The number of allylic oxidation sites excluding steroid dienone is 2. The Balaban J connectivity index is 2.43. The summed E-state index contributed by atoms with van der Waals surface area (Å²) in [4.78, 5) is 0. The monoisotopic (exact) mass is 236 g/mol. The summed E-state index contributed by atoms with van der Waals surface area (Å²) in [6.45, 7) is 9.28. The molecular weight excluding hydrogens is 216 g/mol. The maximum absolute atomic E-state index is 2.36. The van der Waals surface area contributed by atoms with Gasteiger partial charge in [-0.2, -0.15) is 0 Å². The van der Waals surface area contributed by atoms with Crippen LogP contribution in [-0.2, 0) is 5.41 Å². The maximum Gasteiger partial charge on any atom is 0.0120 e. The van der Waals surface area contributed by atoms with Crippen molar-refractivity contribution in [2.45, 2.75) is 39.5 Å². The van der Waals surface area contributed by atoms with Crippen LogP contribution in [-0.4, -0.2) is 0 Å². The Morgan fingerprint density at radius 1 is 1.00 bits per heavy atom. The highest BCUT2D eigenvalue weighted by Gasteiger charge is 2.35. The summed E-state index contributed by atoms with van der Waals surface area (Å²) in [6, 6.07) is 13.3. The minimum Gasteiger partial charge on any atom is -0.0616 e. The first-order valence-corrected chi connectivity index (χ1v) is 6.80. The average Bonchev–Trinajstić information content (AvgIpc) is 2.57. The minimum atomic E-state index is 0.168. The second-order valence-electron chi connectivity index (χ2n) is 5.79. The normalized spacial score (nSPS) is 17.3. The molecule has 0 unspecified atom stereocenters. The van der Waals surface area contributed by atoms with E-state index in [4.69, 9.17) is 0 Å². The van der Waals surface area contributed by atoms with Crippen molar-refractivity contribution in [2.24, 2.45) is 0 Å². The first kappa shape index (κ1) is 11.5. The van der Waals surface area contributed by atoms with Gasteiger partial charge in [-0.1, -0.05) is 62.7 Å². The lowest BCUT2D eigenvalue weighted by Gasteiger charge is -2.24. The molecule has 0 amide bonds. The van der Waals surface area contributed by atoms with E-state index >= 15 is 0 Å². The van der Waals surface area contributed by atoms with Crippen LogP contribution in [0, 0.1) is 0 Å². The fraction of sp³-hybridized carbons (Fsp3) is 0.333. The number of hydrogen-bond acceptors (Lipinski definition) is 0. The molecule has 0 saturated heterocycles. The Kier molecular flexibility index (Phi) is 2.38. The second kappa shape index (κ2) is 3.71.